The maximum atomic E-state index is 11.8. The molecular formula is C22H30O7Si. The number of aliphatic hydroxyl groups excluding tert-OH is 1. The fourth-order valence-electron chi connectivity index (χ4n) is 3.54. The van der Waals surface area contributed by atoms with Gasteiger partial charge in [0, 0.05) is 12.5 Å². The Labute approximate surface area is 178 Å². The average molecular weight is 435 g/mol. The molecule has 0 amide bonds. The molecule has 0 saturated carbocycles. The predicted molar refractivity (Wildman–Crippen MR) is 113 cm³/mol. The lowest BCUT2D eigenvalue weighted by Gasteiger charge is -2.52. The number of fused-ring (bicyclic) bond motifs is 1. The van der Waals surface area contributed by atoms with Crippen molar-refractivity contribution >= 4 is 14.0 Å². The number of methoxy groups -OCH3 is 1. The Bertz CT molecular complexity index is 823. The second-order valence-corrected chi connectivity index (χ2v) is 13.7. The van der Waals surface area contributed by atoms with Crippen LogP contribution in [0, 0.1) is 11.5 Å². The monoisotopic (exact) mass is 434 g/mol. The SMILES string of the molecule is COc1ccc(C2OCC3(C)OC(C#C[Si](C)(C)C)C(O)C(OC(C)=O)C3O2)cc1. The molecule has 6 atom stereocenters. The molecule has 1 N–H and O–H groups in total. The van der Waals surface area contributed by atoms with Crippen LogP contribution in [0.3, 0.4) is 0 Å². The first-order valence-corrected chi connectivity index (χ1v) is 13.5. The molecule has 30 heavy (non-hydrogen) atoms. The van der Waals surface area contributed by atoms with Crippen LogP contribution in [0.15, 0.2) is 24.3 Å². The summed E-state index contributed by atoms with van der Waals surface area (Å²) in [6, 6.07) is 7.31. The van der Waals surface area contributed by atoms with Crippen LogP contribution in [0.2, 0.25) is 19.6 Å². The van der Waals surface area contributed by atoms with E-state index in [0.717, 1.165) is 11.3 Å². The molecule has 0 aliphatic carbocycles. The molecule has 0 radical (unpaired) electrons. The van der Waals surface area contributed by atoms with E-state index in [4.69, 9.17) is 23.7 Å². The van der Waals surface area contributed by atoms with Gasteiger partial charge in [0.1, 0.15) is 37.7 Å². The van der Waals surface area contributed by atoms with E-state index in [1.54, 1.807) is 7.11 Å². The van der Waals surface area contributed by atoms with Gasteiger partial charge in [-0.3, -0.25) is 4.79 Å². The summed E-state index contributed by atoms with van der Waals surface area (Å²) in [7, 11) is -0.0912. The van der Waals surface area contributed by atoms with Gasteiger partial charge in [0.25, 0.3) is 0 Å². The van der Waals surface area contributed by atoms with Crippen molar-refractivity contribution in [3.63, 3.8) is 0 Å². The highest BCUT2D eigenvalue weighted by Gasteiger charge is 2.57. The van der Waals surface area contributed by atoms with Gasteiger partial charge in [-0.05, 0) is 19.1 Å². The maximum absolute atomic E-state index is 11.8. The number of hydrogen-bond acceptors (Lipinski definition) is 7. The standard InChI is InChI=1S/C22H30O7Si/c1-14(23)27-19-18(24)17(11-12-30(4,5)6)29-22(2)13-26-21(28-20(19)22)15-7-9-16(25-3)10-8-15/h7-10,17-21,24H,13H2,1-6H3. The lowest BCUT2D eigenvalue weighted by Crippen LogP contribution is -2.68. The van der Waals surface area contributed by atoms with Gasteiger partial charge >= 0.3 is 5.97 Å². The summed E-state index contributed by atoms with van der Waals surface area (Å²) in [5, 5.41) is 10.9. The number of rotatable bonds is 3. The van der Waals surface area contributed by atoms with E-state index in [1.807, 2.05) is 31.2 Å². The second kappa shape index (κ2) is 8.69. The zero-order chi connectivity index (χ0) is 22.1. The average Bonchev–Trinajstić information content (AvgIpc) is 2.68. The smallest absolute Gasteiger partial charge is 0.303 e. The summed E-state index contributed by atoms with van der Waals surface area (Å²) in [6.07, 6.45) is -4.26. The molecule has 1 aromatic rings. The van der Waals surface area contributed by atoms with Crippen LogP contribution >= 0.6 is 0 Å². The summed E-state index contributed by atoms with van der Waals surface area (Å²) in [5.41, 5.74) is 3.08. The van der Waals surface area contributed by atoms with Crippen LogP contribution in [0.5, 0.6) is 5.75 Å². The molecule has 2 aliphatic heterocycles. The van der Waals surface area contributed by atoms with Crippen molar-refractivity contribution in [1.29, 1.82) is 0 Å². The number of ether oxygens (including phenoxy) is 5. The molecule has 3 rings (SSSR count). The Balaban J connectivity index is 1.88. The predicted octanol–water partition coefficient (Wildman–Crippen LogP) is 2.44. The number of esters is 1. The zero-order valence-electron chi connectivity index (χ0n) is 18.3. The van der Waals surface area contributed by atoms with Crippen molar-refractivity contribution in [2.24, 2.45) is 0 Å². The van der Waals surface area contributed by atoms with Crippen LogP contribution in [-0.2, 0) is 23.7 Å². The summed E-state index contributed by atoms with van der Waals surface area (Å²) < 4.78 is 28.9. The van der Waals surface area contributed by atoms with Crippen molar-refractivity contribution in [3.05, 3.63) is 29.8 Å². The van der Waals surface area contributed by atoms with Gasteiger partial charge in [0.2, 0.25) is 0 Å². The van der Waals surface area contributed by atoms with Crippen LogP contribution in [0.1, 0.15) is 25.7 Å². The minimum absolute atomic E-state index is 0.198. The van der Waals surface area contributed by atoms with Gasteiger partial charge in [-0.2, -0.15) is 0 Å². The van der Waals surface area contributed by atoms with Gasteiger partial charge in [0.05, 0.1) is 13.7 Å². The molecule has 8 heteroatoms. The number of hydrogen-bond donors (Lipinski definition) is 1. The Hall–Kier alpha value is -1.89. The fraction of sp³-hybridized carbons (Fsp3) is 0.591. The van der Waals surface area contributed by atoms with Crippen LogP contribution in [-0.4, -0.2) is 62.9 Å². The number of carbonyl (C=O) groups is 1. The van der Waals surface area contributed by atoms with Gasteiger partial charge in [-0.15, -0.1) is 5.54 Å². The third kappa shape index (κ3) is 5.05. The molecule has 164 valence electrons. The van der Waals surface area contributed by atoms with Crippen molar-refractivity contribution in [2.75, 3.05) is 13.7 Å². The molecular weight excluding hydrogens is 404 g/mol. The van der Waals surface area contributed by atoms with Gasteiger partial charge in [-0.25, -0.2) is 0 Å². The second-order valence-electron chi connectivity index (χ2n) is 8.91. The topological polar surface area (TPSA) is 83.5 Å². The third-order valence-corrected chi connectivity index (χ3v) is 5.91. The largest absolute Gasteiger partial charge is 0.497 e. The van der Waals surface area contributed by atoms with E-state index in [9.17, 15) is 9.90 Å². The Morgan fingerprint density at radius 2 is 1.93 bits per heavy atom. The number of benzene rings is 1. The lowest BCUT2D eigenvalue weighted by molar-refractivity contribution is -0.355. The Morgan fingerprint density at radius 3 is 2.50 bits per heavy atom. The maximum Gasteiger partial charge on any atom is 0.303 e. The van der Waals surface area contributed by atoms with Crippen molar-refractivity contribution in [2.45, 2.75) is 69.8 Å². The lowest BCUT2D eigenvalue weighted by atomic mass is 9.85. The molecule has 2 aliphatic rings. The Kier molecular flexibility index (Phi) is 6.60. The highest BCUT2D eigenvalue weighted by molar-refractivity contribution is 6.83. The van der Waals surface area contributed by atoms with Crippen molar-refractivity contribution in [3.8, 4) is 17.2 Å². The van der Waals surface area contributed by atoms with Crippen molar-refractivity contribution in [1.82, 2.24) is 0 Å². The van der Waals surface area contributed by atoms with Crippen molar-refractivity contribution < 1.29 is 33.6 Å². The summed E-state index contributed by atoms with van der Waals surface area (Å²) in [5.74, 6) is 3.27. The van der Waals surface area contributed by atoms with E-state index in [2.05, 4.69) is 31.1 Å². The van der Waals surface area contributed by atoms with Crippen LogP contribution in [0.4, 0.5) is 0 Å². The van der Waals surface area contributed by atoms with E-state index in [1.165, 1.54) is 6.92 Å². The minimum Gasteiger partial charge on any atom is -0.497 e. The van der Waals surface area contributed by atoms with E-state index < -0.39 is 50.4 Å². The van der Waals surface area contributed by atoms with E-state index >= 15 is 0 Å². The van der Waals surface area contributed by atoms with Gasteiger partial charge in [-0.1, -0.05) is 37.7 Å². The highest BCUT2D eigenvalue weighted by Crippen LogP contribution is 2.41. The fourth-order valence-corrected chi connectivity index (χ4v) is 4.11. The third-order valence-electron chi connectivity index (χ3n) is 5.01. The molecule has 2 fully saturated rings. The first kappa shape index (κ1) is 22.8. The Morgan fingerprint density at radius 1 is 1.27 bits per heavy atom. The van der Waals surface area contributed by atoms with Crippen LogP contribution < -0.4 is 4.74 Å². The summed E-state index contributed by atoms with van der Waals surface area (Å²) in [6.45, 7) is 9.65. The summed E-state index contributed by atoms with van der Waals surface area (Å²) >= 11 is 0. The van der Waals surface area contributed by atoms with E-state index in [-0.39, 0.29) is 6.61 Å². The molecule has 6 unspecified atom stereocenters. The highest BCUT2D eigenvalue weighted by atomic mass is 28.3. The zero-order valence-corrected chi connectivity index (χ0v) is 19.3. The molecule has 2 heterocycles. The molecule has 2 saturated heterocycles. The van der Waals surface area contributed by atoms with Gasteiger partial charge < -0.3 is 28.8 Å². The molecule has 0 bridgehead atoms. The molecule has 1 aromatic carbocycles. The minimum atomic E-state index is -1.69. The van der Waals surface area contributed by atoms with E-state index in [0.29, 0.717) is 0 Å². The summed E-state index contributed by atoms with van der Waals surface area (Å²) in [4.78, 5) is 11.8. The number of carbonyl (C=O) groups excluding carboxylic acids is 1. The quantitative estimate of drug-likeness (QED) is 0.444. The first-order valence-electron chi connectivity index (χ1n) is 9.99. The molecule has 7 nitrogen and oxygen atoms in total. The van der Waals surface area contributed by atoms with Crippen LogP contribution in [0.25, 0.3) is 0 Å². The normalized spacial score (nSPS) is 33.6. The first-order chi connectivity index (χ1) is 14.0. The number of aliphatic hydroxyl groups is 1. The molecule has 0 spiro atoms. The van der Waals surface area contributed by atoms with Gasteiger partial charge in [0.15, 0.2) is 12.4 Å². The molecule has 0 aromatic heterocycles.